The SMILES string of the molecule is Cc1ccc(-c2nc(CSc3nnc(C4CC4)n3N)cs2)cc1. The molecule has 0 radical (unpaired) electrons. The molecule has 0 bridgehead atoms. The average molecular weight is 343 g/mol. The molecular weight excluding hydrogens is 326 g/mol. The van der Waals surface area contributed by atoms with Crippen LogP contribution in [0.5, 0.6) is 0 Å². The van der Waals surface area contributed by atoms with E-state index < -0.39 is 0 Å². The van der Waals surface area contributed by atoms with Gasteiger partial charge in [0.1, 0.15) is 5.01 Å². The van der Waals surface area contributed by atoms with Crippen LogP contribution in [0.2, 0.25) is 0 Å². The molecule has 0 saturated heterocycles. The molecule has 2 heterocycles. The molecule has 7 heteroatoms. The van der Waals surface area contributed by atoms with Crippen LogP contribution in [0.15, 0.2) is 34.8 Å². The van der Waals surface area contributed by atoms with Gasteiger partial charge in [0.2, 0.25) is 5.16 Å². The Kier molecular flexibility index (Phi) is 3.82. The first-order valence-corrected chi connectivity index (χ1v) is 9.42. The molecule has 1 aliphatic carbocycles. The number of thioether (sulfide) groups is 1. The molecule has 2 N–H and O–H groups in total. The first kappa shape index (κ1) is 14.7. The molecule has 0 amide bonds. The largest absolute Gasteiger partial charge is 0.336 e. The maximum atomic E-state index is 6.07. The van der Waals surface area contributed by atoms with Gasteiger partial charge < -0.3 is 5.84 Å². The number of nitrogen functional groups attached to an aromatic ring is 1. The molecule has 0 aliphatic heterocycles. The highest BCUT2D eigenvalue weighted by Crippen LogP contribution is 2.39. The normalized spacial score (nSPS) is 14.3. The molecule has 0 spiro atoms. The highest BCUT2D eigenvalue weighted by molar-refractivity contribution is 7.98. The molecule has 0 atom stereocenters. The number of hydrogen-bond acceptors (Lipinski definition) is 6. The fourth-order valence-electron chi connectivity index (χ4n) is 2.35. The Hall–Kier alpha value is -1.86. The van der Waals surface area contributed by atoms with Crippen molar-refractivity contribution in [3.05, 3.63) is 46.7 Å². The summed E-state index contributed by atoms with van der Waals surface area (Å²) < 4.78 is 1.63. The Balaban J connectivity index is 1.44. The van der Waals surface area contributed by atoms with Crippen LogP contribution in [-0.4, -0.2) is 19.9 Å². The van der Waals surface area contributed by atoms with Gasteiger partial charge in [-0.15, -0.1) is 21.5 Å². The van der Waals surface area contributed by atoms with Crippen molar-refractivity contribution < 1.29 is 0 Å². The maximum absolute atomic E-state index is 6.07. The molecule has 118 valence electrons. The minimum Gasteiger partial charge on any atom is -0.336 e. The van der Waals surface area contributed by atoms with Gasteiger partial charge in [0.15, 0.2) is 5.82 Å². The predicted molar refractivity (Wildman–Crippen MR) is 94.0 cm³/mol. The number of hydrogen-bond donors (Lipinski definition) is 1. The lowest BCUT2D eigenvalue weighted by molar-refractivity contribution is 0.790. The van der Waals surface area contributed by atoms with Gasteiger partial charge in [0, 0.05) is 22.6 Å². The summed E-state index contributed by atoms with van der Waals surface area (Å²) in [6, 6.07) is 8.45. The molecule has 1 aromatic carbocycles. The highest BCUT2D eigenvalue weighted by Gasteiger charge is 2.29. The third-order valence-corrected chi connectivity index (χ3v) is 5.75. The van der Waals surface area contributed by atoms with Crippen LogP contribution in [0.3, 0.4) is 0 Å². The van der Waals surface area contributed by atoms with Crippen LogP contribution in [0.4, 0.5) is 0 Å². The van der Waals surface area contributed by atoms with Gasteiger partial charge in [-0.1, -0.05) is 41.6 Å². The second kappa shape index (κ2) is 5.98. The number of thiazole rings is 1. The van der Waals surface area contributed by atoms with Crippen LogP contribution in [0.1, 0.15) is 35.8 Å². The van der Waals surface area contributed by atoms with E-state index in [1.54, 1.807) is 27.8 Å². The third-order valence-electron chi connectivity index (χ3n) is 3.83. The van der Waals surface area contributed by atoms with Crippen molar-refractivity contribution in [1.29, 1.82) is 0 Å². The predicted octanol–water partition coefficient (Wildman–Crippen LogP) is 3.59. The smallest absolute Gasteiger partial charge is 0.210 e. The molecule has 4 rings (SSSR count). The lowest BCUT2D eigenvalue weighted by atomic mass is 10.2. The van der Waals surface area contributed by atoms with Crippen molar-refractivity contribution in [3.63, 3.8) is 0 Å². The summed E-state index contributed by atoms with van der Waals surface area (Å²) in [7, 11) is 0. The van der Waals surface area contributed by atoms with Crippen LogP contribution in [-0.2, 0) is 5.75 Å². The number of benzene rings is 1. The molecule has 1 fully saturated rings. The molecule has 23 heavy (non-hydrogen) atoms. The van der Waals surface area contributed by atoms with Gasteiger partial charge in [0.05, 0.1) is 5.69 Å². The highest BCUT2D eigenvalue weighted by atomic mass is 32.2. The number of aromatic nitrogens is 4. The Labute approximate surface area is 142 Å². The number of nitrogens with zero attached hydrogens (tertiary/aromatic N) is 4. The molecule has 3 aromatic rings. The zero-order valence-corrected chi connectivity index (χ0v) is 14.4. The lowest BCUT2D eigenvalue weighted by Crippen LogP contribution is -2.13. The molecule has 0 unspecified atom stereocenters. The van der Waals surface area contributed by atoms with Gasteiger partial charge >= 0.3 is 0 Å². The van der Waals surface area contributed by atoms with Gasteiger partial charge in [-0.3, -0.25) is 0 Å². The Bertz CT molecular complexity index is 817. The quantitative estimate of drug-likeness (QED) is 0.566. The third kappa shape index (κ3) is 3.11. The summed E-state index contributed by atoms with van der Waals surface area (Å²) in [6.45, 7) is 2.09. The minimum absolute atomic E-state index is 0.509. The van der Waals surface area contributed by atoms with E-state index in [0.717, 1.165) is 33.0 Å². The van der Waals surface area contributed by atoms with E-state index in [9.17, 15) is 0 Å². The first-order chi connectivity index (χ1) is 11.2. The Morgan fingerprint density at radius 2 is 2.04 bits per heavy atom. The zero-order valence-electron chi connectivity index (χ0n) is 12.8. The Morgan fingerprint density at radius 3 is 2.78 bits per heavy atom. The molecule has 2 aromatic heterocycles. The van der Waals surface area contributed by atoms with E-state index in [2.05, 4.69) is 46.8 Å². The van der Waals surface area contributed by atoms with Gasteiger partial charge in [-0.05, 0) is 19.8 Å². The summed E-state index contributed by atoms with van der Waals surface area (Å²) in [6.07, 6.45) is 2.35. The fraction of sp³-hybridized carbons (Fsp3) is 0.312. The second-order valence-electron chi connectivity index (χ2n) is 5.78. The summed E-state index contributed by atoms with van der Waals surface area (Å²) in [5, 5.41) is 12.3. The molecule has 5 nitrogen and oxygen atoms in total. The lowest BCUT2D eigenvalue weighted by Gasteiger charge is -2.01. The molecule has 1 saturated carbocycles. The van der Waals surface area contributed by atoms with Crippen LogP contribution in [0, 0.1) is 6.92 Å². The summed E-state index contributed by atoms with van der Waals surface area (Å²) in [5.74, 6) is 8.24. The standard InChI is InChI=1S/C16H17N5S2/c1-10-2-4-12(5-3-10)15-18-13(8-22-15)9-23-16-20-19-14(21(16)17)11-6-7-11/h2-5,8,11H,6-7,9,17H2,1H3. The number of rotatable bonds is 5. The fourth-order valence-corrected chi connectivity index (χ4v) is 4.03. The van der Waals surface area contributed by atoms with E-state index in [1.165, 1.54) is 18.4 Å². The van der Waals surface area contributed by atoms with E-state index in [-0.39, 0.29) is 0 Å². The van der Waals surface area contributed by atoms with E-state index in [1.807, 2.05) is 0 Å². The van der Waals surface area contributed by atoms with E-state index >= 15 is 0 Å². The van der Waals surface area contributed by atoms with Crippen molar-refractivity contribution in [3.8, 4) is 10.6 Å². The maximum Gasteiger partial charge on any atom is 0.210 e. The van der Waals surface area contributed by atoms with Gasteiger partial charge in [-0.25, -0.2) is 9.66 Å². The number of aryl methyl sites for hydroxylation is 1. The molecule has 1 aliphatic rings. The van der Waals surface area contributed by atoms with Crippen LogP contribution < -0.4 is 5.84 Å². The van der Waals surface area contributed by atoms with Gasteiger partial charge in [0.25, 0.3) is 0 Å². The Morgan fingerprint density at radius 1 is 1.26 bits per heavy atom. The number of nitrogens with two attached hydrogens (primary N) is 1. The van der Waals surface area contributed by atoms with Gasteiger partial charge in [-0.2, -0.15) is 0 Å². The van der Waals surface area contributed by atoms with Crippen LogP contribution in [0.25, 0.3) is 10.6 Å². The topological polar surface area (TPSA) is 69.6 Å². The van der Waals surface area contributed by atoms with E-state index in [0.29, 0.717) is 5.92 Å². The second-order valence-corrected chi connectivity index (χ2v) is 7.58. The van der Waals surface area contributed by atoms with Crippen molar-refractivity contribution in [1.82, 2.24) is 19.9 Å². The summed E-state index contributed by atoms with van der Waals surface area (Å²) in [4.78, 5) is 4.71. The van der Waals surface area contributed by atoms with Crippen molar-refractivity contribution in [2.75, 3.05) is 5.84 Å². The van der Waals surface area contributed by atoms with Crippen molar-refractivity contribution in [2.24, 2.45) is 0 Å². The summed E-state index contributed by atoms with van der Waals surface area (Å²) >= 11 is 3.26. The van der Waals surface area contributed by atoms with Crippen molar-refractivity contribution in [2.45, 2.75) is 36.6 Å². The average Bonchev–Trinajstić information content (AvgIpc) is 3.17. The van der Waals surface area contributed by atoms with Crippen molar-refractivity contribution >= 4 is 23.1 Å². The molecular formula is C16H17N5S2. The van der Waals surface area contributed by atoms with Crippen LogP contribution >= 0.6 is 23.1 Å². The first-order valence-electron chi connectivity index (χ1n) is 7.55. The minimum atomic E-state index is 0.509. The monoisotopic (exact) mass is 343 g/mol. The summed E-state index contributed by atoms with van der Waals surface area (Å²) in [5.41, 5.74) is 3.47. The van der Waals surface area contributed by atoms with E-state index in [4.69, 9.17) is 10.8 Å². The zero-order chi connectivity index (χ0) is 15.8.